The molecule has 0 saturated heterocycles. The molecule has 0 fully saturated rings. The fourth-order valence-corrected chi connectivity index (χ4v) is 3.89. The van der Waals surface area contributed by atoms with Gasteiger partial charge in [0, 0.05) is 5.75 Å². The summed E-state index contributed by atoms with van der Waals surface area (Å²) in [6, 6.07) is 11.9. The minimum atomic E-state index is -4.55. The molecule has 2 aromatic carbocycles. The minimum Gasteiger partial charge on any atom is -0.388 e. The third kappa shape index (κ3) is 4.91. The summed E-state index contributed by atoms with van der Waals surface area (Å²) < 4.78 is 38.8. The molecule has 2 atom stereocenters. The van der Waals surface area contributed by atoms with E-state index >= 15 is 0 Å². The van der Waals surface area contributed by atoms with Gasteiger partial charge in [0.2, 0.25) is 11.8 Å². The van der Waals surface area contributed by atoms with Crippen molar-refractivity contribution < 1.29 is 27.9 Å². The fourth-order valence-electron chi connectivity index (χ4n) is 2.96. The first-order valence-electron chi connectivity index (χ1n) is 8.84. The van der Waals surface area contributed by atoms with E-state index < -0.39 is 34.9 Å². The van der Waals surface area contributed by atoms with Crippen LogP contribution in [0.15, 0.2) is 48.5 Å². The second kappa shape index (κ2) is 8.46. The zero-order valence-corrected chi connectivity index (χ0v) is 16.3. The molecule has 2 unspecified atom stereocenters. The number of nitrogens with one attached hydrogen (secondary N) is 1. The number of carbonyl (C=O) groups is 2. The third-order valence-corrected chi connectivity index (χ3v) is 5.70. The maximum absolute atomic E-state index is 12.9. The molecule has 29 heavy (non-hydrogen) atoms. The van der Waals surface area contributed by atoms with Crippen LogP contribution in [0.25, 0.3) is 0 Å². The largest absolute Gasteiger partial charge is 0.416 e. The molecule has 0 saturated carbocycles. The van der Waals surface area contributed by atoms with Crippen LogP contribution in [0.1, 0.15) is 24.2 Å². The van der Waals surface area contributed by atoms with E-state index in [-0.39, 0.29) is 23.7 Å². The van der Waals surface area contributed by atoms with Crippen molar-refractivity contribution >= 4 is 35.0 Å². The van der Waals surface area contributed by atoms with Crippen molar-refractivity contribution in [3.05, 3.63) is 59.7 Å². The van der Waals surface area contributed by atoms with E-state index in [0.29, 0.717) is 0 Å². The van der Waals surface area contributed by atoms with Crippen LogP contribution in [-0.2, 0) is 15.8 Å². The van der Waals surface area contributed by atoms with Gasteiger partial charge in [-0.25, -0.2) is 0 Å². The Morgan fingerprint density at radius 2 is 1.93 bits per heavy atom. The molecular formula is C20H19F3N2O3S. The Labute approximate surface area is 169 Å². The summed E-state index contributed by atoms with van der Waals surface area (Å²) in [6.07, 6.45) is -5.31. The van der Waals surface area contributed by atoms with Gasteiger partial charge in [0.15, 0.2) is 0 Å². The van der Waals surface area contributed by atoms with Crippen LogP contribution in [0.3, 0.4) is 0 Å². The van der Waals surface area contributed by atoms with Crippen molar-refractivity contribution in [2.24, 2.45) is 0 Å². The number of anilines is 2. The number of alkyl halides is 3. The molecule has 2 N–H and O–H groups in total. The number of fused-ring (bicyclic) bond motifs is 1. The molecule has 2 aromatic rings. The molecule has 0 spiro atoms. The van der Waals surface area contributed by atoms with Gasteiger partial charge in [-0.1, -0.05) is 30.3 Å². The fraction of sp³-hybridized carbons (Fsp3) is 0.300. The van der Waals surface area contributed by atoms with Crippen LogP contribution >= 0.6 is 11.8 Å². The normalized spacial score (nSPS) is 16.0. The quantitative estimate of drug-likeness (QED) is 0.765. The molecule has 3 rings (SSSR count). The van der Waals surface area contributed by atoms with Gasteiger partial charge in [-0.3, -0.25) is 14.5 Å². The summed E-state index contributed by atoms with van der Waals surface area (Å²) in [6.45, 7) is 1.37. The molecule has 1 heterocycles. The number of benzene rings is 2. The summed E-state index contributed by atoms with van der Waals surface area (Å²) in [4.78, 5) is 26.0. The molecular weight excluding hydrogens is 405 g/mol. The number of halogens is 3. The van der Waals surface area contributed by atoms with Gasteiger partial charge in [-0.05, 0) is 30.7 Å². The number of hydrogen-bond donors (Lipinski definition) is 2. The molecule has 9 heteroatoms. The minimum absolute atomic E-state index is 0.0501. The zero-order chi connectivity index (χ0) is 21.2. The Hall–Kier alpha value is -2.52. The average Bonchev–Trinajstić information content (AvgIpc) is 2.70. The summed E-state index contributed by atoms with van der Waals surface area (Å²) in [5, 5.41) is 12.0. The van der Waals surface area contributed by atoms with Crippen LogP contribution in [0.5, 0.6) is 0 Å². The van der Waals surface area contributed by atoms with Gasteiger partial charge in [-0.15, -0.1) is 11.8 Å². The Morgan fingerprint density at radius 3 is 2.59 bits per heavy atom. The highest BCUT2D eigenvalue weighted by molar-refractivity contribution is 8.00. The van der Waals surface area contributed by atoms with Crippen molar-refractivity contribution in [3.8, 4) is 0 Å². The first-order chi connectivity index (χ1) is 13.7. The van der Waals surface area contributed by atoms with Crippen LogP contribution in [0, 0.1) is 0 Å². The molecule has 0 aliphatic carbocycles. The summed E-state index contributed by atoms with van der Waals surface area (Å²) in [7, 11) is 0. The van der Waals surface area contributed by atoms with E-state index in [4.69, 9.17) is 0 Å². The lowest BCUT2D eigenvalue weighted by atomic mass is 10.1. The first kappa shape index (κ1) is 21.2. The smallest absolute Gasteiger partial charge is 0.388 e. The van der Waals surface area contributed by atoms with E-state index in [1.165, 1.54) is 22.7 Å². The van der Waals surface area contributed by atoms with Gasteiger partial charge in [-0.2, -0.15) is 13.2 Å². The van der Waals surface area contributed by atoms with Gasteiger partial charge >= 0.3 is 6.18 Å². The van der Waals surface area contributed by atoms with Gasteiger partial charge in [0.25, 0.3) is 0 Å². The van der Waals surface area contributed by atoms with Crippen molar-refractivity contribution in [3.63, 3.8) is 0 Å². The summed E-state index contributed by atoms with van der Waals surface area (Å²) in [5.74, 6) is -0.714. The van der Waals surface area contributed by atoms with Crippen molar-refractivity contribution in [2.45, 2.75) is 24.5 Å². The standard InChI is InChI=1S/C20H19F3N2O3S/c1-12(29-11-17(26)13-5-3-2-4-6-13)19(28)25-10-18(27)24-15-9-14(20(21,22)23)7-8-16(15)25/h2-9,12,17,26H,10-11H2,1H3,(H,24,27). The maximum atomic E-state index is 12.9. The molecule has 5 nitrogen and oxygen atoms in total. The van der Waals surface area contributed by atoms with E-state index in [1.807, 2.05) is 6.07 Å². The molecule has 1 aliphatic heterocycles. The van der Waals surface area contributed by atoms with E-state index in [9.17, 15) is 27.9 Å². The SMILES string of the molecule is CC(SCC(O)c1ccccc1)C(=O)N1CC(=O)Nc2cc(C(F)(F)F)ccc21. The van der Waals surface area contributed by atoms with Crippen LogP contribution in [0.2, 0.25) is 0 Å². The van der Waals surface area contributed by atoms with Crippen molar-refractivity contribution in [1.29, 1.82) is 0 Å². The Bertz CT molecular complexity index is 906. The number of nitrogens with zero attached hydrogens (tertiary/aromatic N) is 1. The first-order valence-corrected chi connectivity index (χ1v) is 9.89. The monoisotopic (exact) mass is 424 g/mol. The van der Waals surface area contributed by atoms with E-state index in [0.717, 1.165) is 17.7 Å². The lowest BCUT2D eigenvalue weighted by molar-refractivity contribution is -0.137. The number of rotatable bonds is 5. The van der Waals surface area contributed by atoms with Crippen LogP contribution < -0.4 is 10.2 Å². The second-order valence-corrected chi connectivity index (χ2v) is 7.98. The third-order valence-electron chi connectivity index (χ3n) is 4.49. The maximum Gasteiger partial charge on any atom is 0.416 e. The molecule has 1 aliphatic rings. The number of amides is 2. The lowest BCUT2D eigenvalue weighted by Crippen LogP contribution is -2.45. The number of hydrogen-bond acceptors (Lipinski definition) is 4. The Morgan fingerprint density at radius 1 is 1.24 bits per heavy atom. The number of aliphatic hydroxyl groups is 1. The zero-order valence-electron chi connectivity index (χ0n) is 15.4. The summed E-state index contributed by atoms with van der Waals surface area (Å²) in [5.41, 5.74) is -0.00844. The predicted molar refractivity (Wildman–Crippen MR) is 106 cm³/mol. The Kier molecular flexibility index (Phi) is 6.18. The molecule has 0 aromatic heterocycles. The lowest BCUT2D eigenvalue weighted by Gasteiger charge is -2.31. The molecule has 0 radical (unpaired) electrons. The molecule has 154 valence electrons. The molecule has 0 bridgehead atoms. The van der Waals surface area contributed by atoms with Crippen molar-refractivity contribution in [2.75, 3.05) is 22.5 Å². The van der Waals surface area contributed by atoms with Crippen LogP contribution in [-0.4, -0.2) is 34.5 Å². The highest BCUT2D eigenvalue weighted by Crippen LogP contribution is 2.37. The predicted octanol–water partition coefficient (Wildman–Crippen LogP) is 3.85. The van der Waals surface area contributed by atoms with Gasteiger partial charge in [0.05, 0.1) is 28.3 Å². The van der Waals surface area contributed by atoms with Gasteiger partial charge < -0.3 is 10.4 Å². The average molecular weight is 424 g/mol. The second-order valence-electron chi connectivity index (χ2n) is 6.60. The van der Waals surface area contributed by atoms with E-state index in [2.05, 4.69) is 5.32 Å². The number of thioether (sulfide) groups is 1. The highest BCUT2D eigenvalue weighted by atomic mass is 32.2. The topological polar surface area (TPSA) is 69.6 Å². The highest BCUT2D eigenvalue weighted by Gasteiger charge is 2.35. The Balaban J connectivity index is 1.73. The molecule has 2 amide bonds. The van der Waals surface area contributed by atoms with Gasteiger partial charge in [0.1, 0.15) is 6.54 Å². The summed E-state index contributed by atoms with van der Waals surface area (Å²) >= 11 is 1.21. The number of carbonyl (C=O) groups excluding carboxylic acids is 2. The number of aliphatic hydroxyl groups excluding tert-OH is 1. The van der Waals surface area contributed by atoms with Crippen LogP contribution in [0.4, 0.5) is 24.5 Å². The van der Waals surface area contributed by atoms with Crippen molar-refractivity contribution in [1.82, 2.24) is 0 Å². The van der Waals surface area contributed by atoms with E-state index in [1.54, 1.807) is 31.2 Å².